The van der Waals surface area contributed by atoms with E-state index in [-0.39, 0.29) is 11.1 Å². The molecule has 1 heterocycles. The topological polar surface area (TPSA) is 42.5 Å². The van der Waals surface area contributed by atoms with Gasteiger partial charge in [0, 0.05) is 23.7 Å². The number of benzene rings is 1. The molecule has 1 aromatic carbocycles. The zero-order chi connectivity index (χ0) is 17.8. The van der Waals surface area contributed by atoms with E-state index in [4.69, 9.17) is 9.47 Å². The molecule has 0 radical (unpaired) electrons. The monoisotopic (exact) mass is 334 g/mol. The van der Waals surface area contributed by atoms with E-state index in [9.17, 15) is 0 Å². The second-order valence-corrected chi connectivity index (χ2v) is 8.03. The SMILES string of the molecule is CCOc1ccc(CNC2CC(C)(C)NC(C)(C)C2)cc1OCC. The van der Waals surface area contributed by atoms with Crippen LogP contribution in [-0.2, 0) is 6.54 Å². The van der Waals surface area contributed by atoms with E-state index in [1.807, 2.05) is 19.9 Å². The number of ether oxygens (including phenoxy) is 2. The molecule has 136 valence electrons. The van der Waals surface area contributed by atoms with Crippen LogP contribution in [0.3, 0.4) is 0 Å². The number of piperidine rings is 1. The number of hydrogen-bond acceptors (Lipinski definition) is 4. The summed E-state index contributed by atoms with van der Waals surface area (Å²) in [6, 6.07) is 6.75. The Morgan fingerprint density at radius 1 is 1.00 bits per heavy atom. The first-order valence-electron chi connectivity index (χ1n) is 9.16. The molecule has 0 amide bonds. The Morgan fingerprint density at radius 3 is 2.17 bits per heavy atom. The maximum atomic E-state index is 5.73. The normalized spacial score (nSPS) is 19.9. The zero-order valence-electron chi connectivity index (χ0n) is 16.2. The first-order chi connectivity index (χ1) is 11.2. The van der Waals surface area contributed by atoms with Crippen molar-refractivity contribution in [3.05, 3.63) is 23.8 Å². The van der Waals surface area contributed by atoms with Gasteiger partial charge in [-0.2, -0.15) is 0 Å². The molecule has 0 bridgehead atoms. The Hall–Kier alpha value is -1.26. The smallest absolute Gasteiger partial charge is 0.161 e. The summed E-state index contributed by atoms with van der Waals surface area (Å²) in [7, 11) is 0. The number of rotatable bonds is 7. The van der Waals surface area contributed by atoms with E-state index in [1.54, 1.807) is 0 Å². The quantitative estimate of drug-likeness (QED) is 0.794. The van der Waals surface area contributed by atoms with Crippen LogP contribution in [0.5, 0.6) is 11.5 Å². The largest absolute Gasteiger partial charge is 0.490 e. The fourth-order valence-corrected chi connectivity index (χ4v) is 3.93. The minimum Gasteiger partial charge on any atom is -0.490 e. The molecule has 4 nitrogen and oxygen atoms in total. The first-order valence-corrected chi connectivity index (χ1v) is 9.16. The minimum atomic E-state index is 0.161. The Morgan fingerprint density at radius 2 is 1.58 bits per heavy atom. The lowest BCUT2D eigenvalue weighted by atomic mass is 9.79. The van der Waals surface area contributed by atoms with Crippen molar-refractivity contribution in [3.63, 3.8) is 0 Å². The summed E-state index contributed by atoms with van der Waals surface area (Å²) >= 11 is 0. The van der Waals surface area contributed by atoms with Crippen molar-refractivity contribution in [1.82, 2.24) is 10.6 Å². The maximum absolute atomic E-state index is 5.73. The van der Waals surface area contributed by atoms with Gasteiger partial charge in [0.2, 0.25) is 0 Å². The predicted molar refractivity (Wildman–Crippen MR) is 99.9 cm³/mol. The fraction of sp³-hybridized carbons (Fsp3) is 0.700. The summed E-state index contributed by atoms with van der Waals surface area (Å²) in [5, 5.41) is 7.46. The minimum absolute atomic E-state index is 0.161. The van der Waals surface area contributed by atoms with E-state index in [0.717, 1.165) is 30.9 Å². The molecule has 0 saturated carbocycles. The Kier molecular flexibility index (Phi) is 6.16. The van der Waals surface area contributed by atoms with Gasteiger partial charge >= 0.3 is 0 Å². The lowest BCUT2D eigenvalue weighted by Gasteiger charge is -2.46. The van der Waals surface area contributed by atoms with E-state index in [1.165, 1.54) is 5.56 Å². The molecule has 24 heavy (non-hydrogen) atoms. The molecule has 0 spiro atoms. The van der Waals surface area contributed by atoms with Gasteiger partial charge in [-0.05, 0) is 72.1 Å². The molecule has 0 unspecified atom stereocenters. The van der Waals surface area contributed by atoms with Crippen LogP contribution in [0.2, 0.25) is 0 Å². The highest BCUT2D eigenvalue weighted by atomic mass is 16.5. The molecule has 1 aromatic rings. The average Bonchev–Trinajstić information content (AvgIpc) is 2.45. The van der Waals surface area contributed by atoms with Gasteiger partial charge in [0.1, 0.15) is 0 Å². The Balaban J connectivity index is 2.02. The van der Waals surface area contributed by atoms with Gasteiger partial charge < -0.3 is 20.1 Å². The fourth-order valence-electron chi connectivity index (χ4n) is 3.93. The lowest BCUT2D eigenvalue weighted by Crippen LogP contribution is -2.61. The second-order valence-electron chi connectivity index (χ2n) is 8.03. The van der Waals surface area contributed by atoms with Crippen molar-refractivity contribution in [2.24, 2.45) is 0 Å². The van der Waals surface area contributed by atoms with Crippen molar-refractivity contribution in [2.75, 3.05) is 13.2 Å². The van der Waals surface area contributed by atoms with Crippen LogP contribution >= 0.6 is 0 Å². The summed E-state index contributed by atoms with van der Waals surface area (Å²) in [6.45, 7) is 15.3. The number of nitrogens with one attached hydrogen (secondary N) is 2. The number of hydrogen-bond donors (Lipinski definition) is 2. The van der Waals surface area contributed by atoms with Gasteiger partial charge in [0.15, 0.2) is 11.5 Å². The third kappa shape index (κ3) is 5.38. The molecule has 1 saturated heterocycles. The molecule has 1 fully saturated rings. The summed E-state index contributed by atoms with van der Waals surface area (Å²) < 4.78 is 11.4. The molecule has 0 aliphatic carbocycles. The van der Waals surface area contributed by atoms with Gasteiger partial charge in [-0.3, -0.25) is 0 Å². The van der Waals surface area contributed by atoms with Crippen LogP contribution in [-0.4, -0.2) is 30.3 Å². The van der Waals surface area contributed by atoms with Gasteiger partial charge in [-0.15, -0.1) is 0 Å². The van der Waals surface area contributed by atoms with Crippen LogP contribution in [0.15, 0.2) is 18.2 Å². The molecule has 0 atom stereocenters. The zero-order valence-corrected chi connectivity index (χ0v) is 16.2. The molecule has 2 rings (SSSR count). The molecule has 2 N–H and O–H groups in total. The van der Waals surface area contributed by atoms with Crippen LogP contribution in [0.25, 0.3) is 0 Å². The van der Waals surface area contributed by atoms with E-state index < -0.39 is 0 Å². The van der Waals surface area contributed by atoms with Gasteiger partial charge in [0.05, 0.1) is 13.2 Å². The van der Waals surface area contributed by atoms with Crippen LogP contribution < -0.4 is 20.1 Å². The highest BCUT2D eigenvalue weighted by Crippen LogP contribution is 2.30. The highest BCUT2D eigenvalue weighted by molar-refractivity contribution is 5.43. The molecule has 4 heteroatoms. The predicted octanol–water partition coefficient (Wildman–Crippen LogP) is 3.88. The Bertz CT molecular complexity index is 524. The summed E-state index contributed by atoms with van der Waals surface area (Å²) in [5.41, 5.74) is 1.56. The van der Waals surface area contributed by atoms with Crippen molar-refractivity contribution in [1.29, 1.82) is 0 Å². The van der Waals surface area contributed by atoms with Gasteiger partial charge in [0.25, 0.3) is 0 Å². The molecular formula is C20H34N2O2. The summed E-state index contributed by atoms with van der Waals surface area (Å²) in [4.78, 5) is 0. The van der Waals surface area contributed by atoms with Gasteiger partial charge in [-0.25, -0.2) is 0 Å². The van der Waals surface area contributed by atoms with Crippen molar-refractivity contribution < 1.29 is 9.47 Å². The molecular weight excluding hydrogens is 300 g/mol. The Labute approximate surface area is 147 Å². The van der Waals surface area contributed by atoms with Crippen LogP contribution in [0, 0.1) is 0 Å². The van der Waals surface area contributed by atoms with Gasteiger partial charge in [-0.1, -0.05) is 6.07 Å². The van der Waals surface area contributed by atoms with E-state index in [2.05, 4.69) is 50.5 Å². The first kappa shape index (κ1) is 19.1. The van der Waals surface area contributed by atoms with Crippen molar-refractivity contribution in [3.8, 4) is 11.5 Å². The molecule has 1 aliphatic rings. The van der Waals surface area contributed by atoms with Crippen LogP contribution in [0.1, 0.15) is 59.9 Å². The van der Waals surface area contributed by atoms with Crippen LogP contribution in [0.4, 0.5) is 0 Å². The third-order valence-corrected chi connectivity index (χ3v) is 4.39. The second kappa shape index (κ2) is 7.75. The lowest BCUT2D eigenvalue weighted by molar-refractivity contribution is 0.145. The molecule has 0 aromatic heterocycles. The van der Waals surface area contributed by atoms with Crippen molar-refractivity contribution >= 4 is 0 Å². The van der Waals surface area contributed by atoms with Crippen molar-refractivity contribution in [2.45, 2.75) is 78.0 Å². The summed E-state index contributed by atoms with van der Waals surface area (Å²) in [5.74, 6) is 1.66. The summed E-state index contributed by atoms with van der Waals surface area (Å²) in [6.07, 6.45) is 2.26. The third-order valence-electron chi connectivity index (χ3n) is 4.39. The molecule has 1 aliphatic heterocycles. The standard InChI is InChI=1S/C20H34N2O2/c1-7-23-17-10-9-15(11-18(17)24-8-2)14-21-16-12-19(3,4)22-20(5,6)13-16/h9-11,16,21-22H,7-8,12-14H2,1-6H3. The van der Waals surface area contributed by atoms with E-state index in [0.29, 0.717) is 19.3 Å². The highest BCUT2D eigenvalue weighted by Gasteiger charge is 2.37. The maximum Gasteiger partial charge on any atom is 0.161 e. The average molecular weight is 335 g/mol. The van der Waals surface area contributed by atoms with E-state index >= 15 is 0 Å².